The fourth-order valence-corrected chi connectivity index (χ4v) is 2.94. The van der Waals surface area contributed by atoms with Crippen LogP contribution in [0.15, 0.2) is 30.3 Å². The van der Waals surface area contributed by atoms with E-state index in [4.69, 9.17) is 14.2 Å². The SMILES string of the molecule is Cc1c(CC2OCCO2)c(CCNC(=O)OCc2ccccc2)nn1C. The van der Waals surface area contributed by atoms with Crippen molar-refractivity contribution in [3.05, 3.63) is 52.8 Å². The van der Waals surface area contributed by atoms with E-state index in [1.54, 1.807) is 0 Å². The normalized spacial score (nSPS) is 14.5. The number of amides is 1. The second-order valence-electron chi connectivity index (χ2n) is 6.25. The van der Waals surface area contributed by atoms with E-state index in [2.05, 4.69) is 10.4 Å². The Bertz CT molecular complexity index is 724. The first-order valence-electron chi connectivity index (χ1n) is 8.82. The van der Waals surface area contributed by atoms with Gasteiger partial charge in [-0.05, 0) is 12.5 Å². The highest BCUT2D eigenvalue weighted by Gasteiger charge is 2.22. The predicted molar refractivity (Wildman–Crippen MR) is 95.7 cm³/mol. The highest BCUT2D eigenvalue weighted by atomic mass is 16.7. The van der Waals surface area contributed by atoms with Crippen LogP contribution in [-0.2, 0) is 40.7 Å². The fourth-order valence-electron chi connectivity index (χ4n) is 2.94. The summed E-state index contributed by atoms with van der Waals surface area (Å²) in [6, 6.07) is 9.60. The van der Waals surface area contributed by atoms with Crippen LogP contribution in [0, 0.1) is 6.92 Å². The van der Waals surface area contributed by atoms with Crippen LogP contribution < -0.4 is 5.32 Å². The van der Waals surface area contributed by atoms with Crippen molar-refractivity contribution in [1.29, 1.82) is 0 Å². The highest BCUT2D eigenvalue weighted by Crippen LogP contribution is 2.19. The smallest absolute Gasteiger partial charge is 0.407 e. The Morgan fingerprint density at radius 2 is 2.04 bits per heavy atom. The van der Waals surface area contributed by atoms with Crippen LogP contribution in [0.3, 0.4) is 0 Å². The molecule has 1 aliphatic rings. The average molecular weight is 359 g/mol. The summed E-state index contributed by atoms with van der Waals surface area (Å²) in [7, 11) is 1.92. The number of nitrogens with zero attached hydrogens (tertiary/aromatic N) is 2. The van der Waals surface area contributed by atoms with E-state index in [1.165, 1.54) is 0 Å². The van der Waals surface area contributed by atoms with Gasteiger partial charge in [-0.2, -0.15) is 5.10 Å². The van der Waals surface area contributed by atoms with E-state index in [0.29, 0.717) is 32.6 Å². The molecule has 0 unspecified atom stereocenters. The van der Waals surface area contributed by atoms with Gasteiger partial charge in [0.25, 0.3) is 0 Å². The molecule has 140 valence electrons. The standard InChI is InChI=1S/C19H25N3O4/c1-14-16(12-18-24-10-11-25-18)17(21-22(14)2)8-9-20-19(23)26-13-15-6-4-3-5-7-15/h3-7,18H,8-13H2,1-2H3,(H,20,23). The number of carbonyl (C=O) groups excluding carboxylic acids is 1. The molecule has 2 heterocycles. The molecule has 1 saturated heterocycles. The molecule has 26 heavy (non-hydrogen) atoms. The van der Waals surface area contributed by atoms with Crippen LogP contribution in [-0.4, -0.2) is 41.9 Å². The minimum absolute atomic E-state index is 0.208. The molecular formula is C19H25N3O4. The van der Waals surface area contributed by atoms with Gasteiger partial charge >= 0.3 is 6.09 Å². The predicted octanol–water partition coefficient (Wildman–Crippen LogP) is 2.11. The Morgan fingerprint density at radius 1 is 1.31 bits per heavy atom. The lowest BCUT2D eigenvalue weighted by Gasteiger charge is -2.10. The zero-order valence-electron chi connectivity index (χ0n) is 15.2. The molecule has 1 aromatic carbocycles. The molecule has 0 spiro atoms. The molecule has 7 heteroatoms. The number of alkyl carbamates (subject to hydrolysis) is 1. The van der Waals surface area contributed by atoms with Crippen LogP contribution in [0.1, 0.15) is 22.5 Å². The van der Waals surface area contributed by atoms with E-state index < -0.39 is 6.09 Å². The molecule has 0 atom stereocenters. The number of benzene rings is 1. The molecule has 1 aromatic heterocycles. The summed E-state index contributed by atoms with van der Waals surface area (Å²) in [4.78, 5) is 11.8. The Labute approximate surface area is 153 Å². The molecule has 0 aliphatic carbocycles. The summed E-state index contributed by atoms with van der Waals surface area (Å²) in [6.07, 6.45) is 0.670. The quantitative estimate of drug-likeness (QED) is 0.820. The third-order valence-electron chi connectivity index (χ3n) is 4.45. The lowest BCUT2D eigenvalue weighted by molar-refractivity contribution is -0.0402. The maximum absolute atomic E-state index is 11.8. The largest absolute Gasteiger partial charge is 0.445 e. The van der Waals surface area contributed by atoms with E-state index in [0.717, 1.165) is 22.5 Å². The van der Waals surface area contributed by atoms with Crippen molar-refractivity contribution in [2.75, 3.05) is 19.8 Å². The van der Waals surface area contributed by atoms with Crippen LogP contribution in [0.5, 0.6) is 0 Å². The third kappa shape index (κ3) is 4.83. The molecule has 1 amide bonds. The number of carbonyl (C=O) groups is 1. The molecule has 1 N–H and O–H groups in total. The first-order chi connectivity index (χ1) is 12.6. The summed E-state index contributed by atoms with van der Waals surface area (Å²) in [6.45, 7) is 4.02. The van der Waals surface area contributed by atoms with Gasteiger partial charge < -0.3 is 19.5 Å². The summed E-state index contributed by atoms with van der Waals surface area (Å²) >= 11 is 0. The Hall–Kier alpha value is -2.38. The molecular weight excluding hydrogens is 334 g/mol. The minimum Gasteiger partial charge on any atom is -0.445 e. The van der Waals surface area contributed by atoms with Gasteiger partial charge in [-0.1, -0.05) is 30.3 Å². The van der Waals surface area contributed by atoms with Crippen molar-refractivity contribution in [3.63, 3.8) is 0 Å². The fraction of sp³-hybridized carbons (Fsp3) is 0.474. The number of aryl methyl sites for hydroxylation is 1. The second kappa shape index (κ2) is 8.82. The maximum atomic E-state index is 11.8. The average Bonchev–Trinajstić information content (AvgIpc) is 3.25. The highest BCUT2D eigenvalue weighted by molar-refractivity contribution is 5.67. The van der Waals surface area contributed by atoms with Gasteiger partial charge in [-0.3, -0.25) is 4.68 Å². The maximum Gasteiger partial charge on any atom is 0.407 e. The van der Waals surface area contributed by atoms with E-state index in [-0.39, 0.29) is 12.9 Å². The van der Waals surface area contributed by atoms with Crippen molar-refractivity contribution in [2.24, 2.45) is 7.05 Å². The van der Waals surface area contributed by atoms with Crippen molar-refractivity contribution in [1.82, 2.24) is 15.1 Å². The number of aromatic nitrogens is 2. The number of hydrogen-bond donors (Lipinski definition) is 1. The monoisotopic (exact) mass is 359 g/mol. The van der Waals surface area contributed by atoms with Crippen molar-refractivity contribution >= 4 is 6.09 Å². The van der Waals surface area contributed by atoms with Gasteiger partial charge in [0.2, 0.25) is 0 Å². The lowest BCUT2D eigenvalue weighted by atomic mass is 10.1. The number of ether oxygens (including phenoxy) is 3. The van der Waals surface area contributed by atoms with Crippen LogP contribution in [0.4, 0.5) is 4.79 Å². The first-order valence-corrected chi connectivity index (χ1v) is 8.82. The van der Waals surface area contributed by atoms with E-state index >= 15 is 0 Å². The molecule has 7 nitrogen and oxygen atoms in total. The van der Waals surface area contributed by atoms with Gasteiger partial charge in [-0.15, -0.1) is 0 Å². The topological polar surface area (TPSA) is 74.6 Å². The van der Waals surface area contributed by atoms with Gasteiger partial charge in [-0.25, -0.2) is 4.79 Å². The van der Waals surface area contributed by atoms with Crippen molar-refractivity contribution in [3.8, 4) is 0 Å². The molecule has 0 radical (unpaired) electrons. The number of nitrogens with one attached hydrogen (secondary N) is 1. The van der Waals surface area contributed by atoms with Crippen molar-refractivity contribution < 1.29 is 19.0 Å². The number of hydrogen-bond acceptors (Lipinski definition) is 5. The third-order valence-corrected chi connectivity index (χ3v) is 4.45. The Kier molecular flexibility index (Phi) is 6.25. The summed E-state index contributed by atoms with van der Waals surface area (Å²) in [5, 5.41) is 7.33. The summed E-state index contributed by atoms with van der Waals surface area (Å²) < 4.78 is 18.2. The van der Waals surface area contributed by atoms with Gasteiger partial charge in [0.1, 0.15) is 6.61 Å². The molecule has 0 saturated carbocycles. The van der Waals surface area contributed by atoms with Crippen molar-refractivity contribution in [2.45, 2.75) is 32.7 Å². The van der Waals surface area contributed by atoms with Gasteiger partial charge in [0.05, 0.1) is 18.9 Å². The summed E-state index contributed by atoms with van der Waals surface area (Å²) in [5.41, 5.74) is 4.12. The molecule has 1 fully saturated rings. The Balaban J connectivity index is 1.48. The first kappa shape index (κ1) is 18.4. The zero-order valence-corrected chi connectivity index (χ0v) is 15.2. The molecule has 2 aromatic rings. The van der Waals surface area contributed by atoms with Crippen LogP contribution in [0.25, 0.3) is 0 Å². The molecule has 3 rings (SSSR count). The van der Waals surface area contributed by atoms with Gasteiger partial charge in [0, 0.05) is 37.7 Å². The minimum atomic E-state index is -0.425. The van der Waals surface area contributed by atoms with Crippen LogP contribution >= 0.6 is 0 Å². The Morgan fingerprint density at radius 3 is 2.77 bits per heavy atom. The molecule has 0 bridgehead atoms. The lowest BCUT2D eigenvalue weighted by Crippen LogP contribution is -2.26. The van der Waals surface area contributed by atoms with Gasteiger partial charge in [0.15, 0.2) is 6.29 Å². The number of rotatable bonds is 7. The summed E-state index contributed by atoms with van der Waals surface area (Å²) in [5.74, 6) is 0. The van der Waals surface area contributed by atoms with Crippen LogP contribution in [0.2, 0.25) is 0 Å². The zero-order chi connectivity index (χ0) is 18.4. The molecule has 1 aliphatic heterocycles. The van der Waals surface area contributed by atoms with E-state index in [9.17, 15) is 4.79 Å². The second-order valence-corrected chi connectivity index (χ2v) is 6.25. The van der Waals surface area contributed by atoms with E-state index in [1.807, 2.05) is 49.0 Å².